The SMILES string of the molecule is C1=C(c2ccccc2-c2cc3ccccc3c3ccccc23)C=C(N(c2ccc(C3C=c4ccccc4=CC3)c(-c3ccccc3)c2)c2ccc3oc4cc5ccccc5cc4c3c2)CC1. The lowest BCUT2D eigenvalue weighted by molar-refractivity contribution is 0.669. The minimum Gasteiger partial charge on any atom is -0.456 e. The average molecular weight is 844 g/mol. The molecule has 312 valence electrons. The molecule has 2 aliphatic carbocycles. The van der Waals surface area contributed by atoms with Gasteiger partial charge in [-0.05, 0) is 156 Å². The number of nitrogens with zero attached hydrogens (tertiary/aromatic N) is 1. The van der Waals surface area contributed by atoms with Crippen LogP contribution in [0.2, 0.25) is 0 Å². The zero-order valence-corrected chi connectivity index (χ0v) is 36.5. The Morgan fingerprint density at radius 2 is 1.09 bits per heavy atom. The smallest absolute Gasteiger partial charge is 0.136 e. The van der Waals surface area contributed by atoms with E-state index in [0.29, 0.717) is 0 Å². The molecule has 0 radical (unpaired) electrons. The van der Waals surface area contributed by atoms with E-state index in [0.717, 1.165) is 52.6 Å². The minimum atomic E-state index is 0.257. The normalized spacial score (nSPS) is 14.8. The highest BCUT2D eigenvalue weighted by atomic mass is 16.3. The molecule has 1 heterocycles. The second-order valence-corrected chi connectivity index (χ2v) is 17.9. The van der Waals surface area contributed by atoms with Gasteiger partial charge in [-0.3, -0.25) is 0 Å². The van der Waals surface area contributed by atoms with Gasteiger partial charge in [-0.25, -0.2) is 0 Å². The molecule has 2 heteroatoms. The molecule has 2 nitrogen and oxygen atoms in total. The van der Waals surface area contributed by atoms with Crippen LogP contribution in [0.5, 0.6) is 0 Å². The third kappa shape index (κ3) is 6.56. The van der Waals surface area contributed by atoms with E-state index in [1.807, 2.05) is 0 Å². The first-order valence-electron chi connectivity index (χ1n) is 23.2. The highest BCUT2D eigenvalue weighted by Gasteiger charge is 2.24. The average Bonchev–Trinajstić information content (AvgIpc) is 3.74. The van der Waals surface area contributed by atoms with E-state index in [2.05, 4.69) is 235 Å². The summed E-state index contributed by atoms with van der Waals surface area (Å²) >= 11 is 0. The molecular formula is C64H45NO. The van der Waals surface area contributed by atoms with Gasteiger partial charge >= 0.3 is 0 Å². The molecule has 1 atom stereocenters. The van der Waals surface area contributed by atoms with Gasteiger partial charge in [0.1, 0.15) is 11.2 Å². The summed E-state index contributed by atoms with van der Waals surface area (Å²) in [5.74, 6) is 0.257. The highest BCUT2D eigenvalue weighted by molar-refractivity contribution is 6.15. The van der Waals surface area contributed by atoms with E-state index in [-0.39, 0.29) is 5.92 Å². The monoisotopic (exact) mass is 843 g/mol. The fourth-order valence-corrected chi connectivity index (χ4v) is 10.8. The number of anilines is 2. The predicted molar refractivity (Wildman–Crippen MR) is 279 cm³/mol. The Kier molecular flexibility index (Phi) is 9.16. The van der Waals surface area contributed by atoms with Gasteiger partial charge in [0.15, 0.2) is 0 Å². The molecule has 0 spiro atoms. The van der Waals surface area contributed by atoms with Crippen LogP contribution in [0.25, 0.3) is 94.2 Å². The molecule has 0 bridgehead atoms. The van der Waals surface area contributed by atoms with E-state index in [9.17, 15) is 0 Å². The highest BCUT2D eigenvalue weighted by Crippen LogP contribution is 2.45. The molecule has 0 saturated heterocycles. The lowest BCUT2D eigenvalue weighted by Gasteiger charge is -2.31. The van der Waals surface area contributed by atoms with Crippen LogP contribution in [0.1, 0.15) is 36.3 Å². The molecule has 1 aromatic heterocycles. The number of fused-ring (bicyclic) bond motifs is 8. The Labute approximate surface area is 384 Å². The Morgan fingerprint density at radius 1 is 0.424 bits per heavy atom. The van der Waals surface area contributed by atoms with E-state index >= 15 is 0 Å². The van der Waals surface area contributed by atoms with Crippen molar-refractivity contribution in [3.63, 3.8) is 0 Å². The number of allylic oxidation sites excluding steroid dienone is 4. The molecule has 10 aromatic carbocycles. The van der Waals surface area contributed by atoms with Crippen LogP contribution in [0.3, 0.4) is 0 Å². The molecular weight excluding hydrogens is 799 g/mol. The first kappa shape index (κ1) is 38.3. The number of rotatable bonds is 7. The van der Waals surface area contributed by atoms with Crippen LogP contribution in [-0.2, 0) is 0 Å². The van der Waals surface area contributed by atoms with Gasteiger partial charge in [0.25, 0.3) is 0 Å². The predicted octanol–water partition coefficient (Wildman–Crippen LogP) is 16.0. The van der Waals surface area contributed by atoms with Gasteiger partial charge in [0.2, 0.25) is 0 Å². The maximum atomic E-state index is 6.57. The van der Waals surface area contributed by atoms with Gasteiger partial charge in [-0.15, -0.1) is 0 Å². The summed E-state index contributed by atoms with van der Waals surface area (Å²) < 4.78 is 6.57. The van der Waals surface area contributed by atoms with Crippen molar-refractivity contribution >= 4 is 83.4 Å². The van der Waals surface area contributed by atoms with E-state index < -0.39 is 0 Å². The molecule has 0 aliphatic heterocycles. The van der Waals surface area contributed by atoms with E-state index in [4.69, 9.17) is 4.42 Å². The van der Waals surface area contributed by atoms with Crippen LogP contribution in [-0.4, -0.2) is 0 Å². The topological polar surface area (TPSA) is 16.4 Å². The zero-order chi connectivity index (χ0) is 43.6. The van der Waals surface area contributed by atoms with Crippen molar-refractivity contribution in [3.8, 4) is 22.3 Å². The maximum Gasteiger partial charge on any atom is 0.136 e. The fraction of sp³-hybridized carbons (Fsp3) is 0.0625. The van der Waals surface area contributed by atoms with Crippen LogP contribution < -0.4 is 15.3 Å². The summed E-state index contributed by atoms with van der Waals surface area (Å²) in [5, 5.41) is 12.3. The van der Waals surface area contributed by atoms with Crippen molar-refractivity contribution in [2.75, 3.05) is 4.90 Å². The second kappa shape index (κ2) is 15.8. The maximum absolute atomic E-state index is 6.57. The van der Waals surface area contributed by atoms with Crippen LogP contribution in [0.15, 0.2) is 229 Å². The zero-order valence-electron chi connectivity index (χ0n) is 36.5. The summed E-state index contributed by atoms with van der Waals surface area (Å²) in [4.78, 5) is 2.52. The van der Waals surface area contributed by atoms with Gasteiger partial charge in [-0.1, -0.05) is 176 Å². The number of hydrogen-bond acceptors (Lipinski definition) is 2. The Balaban J connectivity index is 1.00. The minimum absolute atomic E-state index is 0.257. The largest absolute Gasteiger partial charge is 0.456 e. The van der Waals surface area contributed by atoms with E-state index in [1.165, 1.54) is 87.4 Å². The van der Waals surface area contributed by atoms with Crippen molar-refractivity contribution in [3.05, 3.63) is 246 Å². The van der Waals surface area contributed by atoms with Gasteiger partial charge in [-0.2, -0.15) is 0 Å². The summed E-state index contributed by atoms with van der Waals surface area (Å²) in [6, 6.07) is 75.7. The van der Waals surface area contributed by atoms with Crippen LogP contribution >= 0.6 is 0 Å². The number of furan rings is 1. The number of benzene rings is 10. The molecule has 2 aliphatic rings. The van der Waals surface area contributed by atoms with Crippen molar-refractivity contribution in [2.45, 2.75) is 25.2 Å². The van der Waals surface area contributed by atoms with Crippen molar-refractivity contribution < 1.29 is 4.42 Å². The summed E-state index contributed by atoms with van der Waals surface area (Å²) in [6.07, 6.45) is 12.5. The Morgan fingerprint density at radius 3 is 1.95 bits per heavy atom. The molecule has 0 N–H and O–H groups in total. The van der Waals surface area contributed by atoms with Crippen LogP contribution in [0.4, 0.5) is 11.4 Å². The van der Waals surface area contributed by atoms with Gasteiger partial charge in [0, 0.05) is 33.8 Å². The van der Waals surface area contributed by atoms with Crippen LogP contribution in [0, 0.1) is 0 Å². The number of hydrogen-bond donors (Lipinski definition) is 0. The summed E-state index contributed by atoms with van der Waals surface area (Å²) in [6.45, 7) is 0. The molecule has 13 rings (SSSR count). The van der Waals surface area contributed by atoms with Crippen molar-refractivity contribution in [2.24, 2.45) is 0 Å². The molecule has 0 amide bonds. The van der Waals surface area contributed by atoms with Gasteiger partial charge < -0.3 is 9.32 Å². The first-order chi connectivity index (χ1) is 32.7. The quantitative estimate of drug-likeness (QED) is 0.149. The lowest BCUT2D eigenvalue weighted by Crippen LogP contribution is -2.28. The molecule has 1 unspecified atom stereocenters. The fourth-order valence-electron chi connectivity index (χ4n) is 10.8. The standard InChI is InChI=1S/C64H45NO/c1-2-16-43(17-3-1)59-40-51(31-33-55(59)49-30-29-42-15-4-5-18-44(42)35-49)65(52-32-34-63-62(41-52)61-37-45-19-6-7-20-46(45)39-64(61)66-63)50-23-14-22-47(36-50)53-25-10-11-27-57(53)60-38-48-21-8-9-24-54(48)56-26-12-13-28-58(56)60/h1-13,15-22,24-29,31-41,49H,14,23,30H2. The molecule has 66 heavy (non-hydrogen) atoms. The third-order valence-electron chi connectivity index (χ3n) is 14.0. The third-order valence-corrected chi connectivity index (χ3v) is 14.0. The Bertz CT molecular complexity index is 3920. The van der Waals surface area contributed by atoms with Crippen molar-refractivity contribution in [1.82, 2.24) is 0 Å². The summed E-state index contributed by atoms with van der Waals surface area (Å²) in [5.41, 5.74) is 14.1. The lowest BCUT2D eigenvalue weighted by atomic mass is 9.85. The summed E-state index contributed by atoms with van der Waals surface area (Å²) in [7, 11) is 0. The second-order valence-electron chi connectivity index (χ2n) is 17.9. The first-order valence-corrected chi connectivity index (χ1v) is 23.2. The molecule has 11 aromatic rings. The molecule has 0 fully saturated rings. The Hall–Kier alpha value is -8.20. The van der Waals surface area contributed by atoms with Crippen molar-refractivity contribution in [1.29, 1.82) is 0 Å². The van der Waals surface area contributed by atoms with Gasteiger partial charge in [0.05, 0.1) is 0 Å². The van der Waals surface area contributed by atoms with E-state index in [1.54, 1.807) is 0 Å². The molecule has 0 saturated carbocycles.